The van der Waals surface area contributed by atoms with Crippen LogP contribution in [-0.2, 0) is 11.3 Å². The van der Waals surface area contributed by atoms with E-state index in [1.54, 1.807) is 35.1 Å². The Labute approximate surface area is 179 Å². The molecule has 0 aliphatic carbocycles. The third-order valence-electron chi connectivity index (χ3n) is 4.67. The third kappa shape index (κ3) is 5.07. The number of nitrogens with one attached hydrogen (secondary N) is 2. The van der Waals surface area contributed by atoms with Crippen LogP contribution >= 0.6 is 0 Å². The molecular weight excluding hydrogens is 396 g/mol. The molecule has 0 aliphatic rings. The lowest BCUT2D eigenvalue weighted by Gasteiger charge is -2.15. The van der Waals surface area contributed by atoms with Gasteiger partial charge in [0.2, 0.25) is 11.8 Å². The minimum absolute atomic E-state index is 0.104. The van der Waals surface area contributed by atoms with Crippen LogP contribution in [0.3, 0.4) is 0 Å². The van der Waals surface area contributed by atoms with Gasteiger partial charge in [-0.25, -0.2) is 4.68 Å². The van der Waals surface area contributed by atoms with Crippen molar-refractivity contribution < 1.29 is 9.59 Å². The summed E-state index contributed by atoms with van der Waals surface area (Å²) in [6.07, 6.45) is 4.40. The van der Waals surface area contributed by atoms with Crippen molar-refractivity contribution in [3.05, 3.63) is 63.6 Å². The molecule has 4 N–H and O–H groups in total. The van der Waals surface area contributed by atoms with Gasteiger partial charge in [-0.15, -0.1) is 0 Å². The third-order valence-corrected chi connectivity index (χ3v) is 4.67. The highest BCUT2D eigenvalue weighted by Crippen LogP contribution is 2.20. The van der Waals surface area contributed by atoms with Gasteiger partial charge >= 0.3 is 0 Å². The number of hydrogen-bond acceptors (Lipinski definition) is 5. The summed E-state index contributed by atoms with van der Waals surface area (Å²) in [5.74, 6) is -1.01. The second-order valence-electron chi connectivity index (χ2n) is 7.84. The molecule has 0 radical (unpaired) electrons. The largest absolute Gasteiger partial charge is 0.366 e. The number of nitrogens with two attached hydrogens (primary N) is 1. The average molecular weight is 422 g/mol. The topological polar surface area (TPSA) is 126 Å². The number of rotatable bonds is 7. The highest BCUT2D eigenvalue weighted by molar-refractivity contribution is 6.03. The molecule has 0 saturated carbocycles. The number of fused-ring (bicyclic) bond motifs is 1. The Bertz CT molecular complexity index is 1220. The molecule has 0 atom stereocenters. The van der Waals surface area contributed by atoms with Gasteiger partial charge in [0.1, 0.15) is 5.65 Å². The number of H-pyrrole nitrogens is 1. The van der Waals surface area contributed by atoms with E-state index in [0.717, 1.165) is 10.9 Å². The van der Waals surface area contributed by atoms with Gasteiger partial charge in [-0.2, -0.15) is 5.10 Å². The van der Waals surface area contributed by atoms with Crippen molar-refractivity contribution in [1.82, 2.24) is 19.7 Å². The van der Waals surface area contributed by atoms with Gasteiger partial charge in [-0.05, 0) is 57.8 Å². The number of amides is 2. The van der Waals surface area contributed by atoms with Gasteiger partial charge in [0, 0.05) is 40.9 Å². The van der Waals surface area contributed by atoms with Gasteiger partial charge in [-0.3, -0.25) is 14.4 Å². The lowest BCUT2D eigenvalue weighted by atomic mass is 10.1. The molecule has 3 aromatic rings. The van der Waals surface area contributed by atoms with Crippen molar-refractivity contribution in [2.45, 2.75) is 26.4 Å². The van der Waals surface area contributed by atoms with Crippen molar-refractivity contribution in [2.24, 2.45) is 5.73 Å². The fourth-order valence-corrected chi connectivity index (χ4v) is 3.20. The van der Waals surface area contributed by atoms with Crippen LogP contribution in [0.25, 0.3) is 17.1 Å². The van der Waals surface area contributed by atoms with Crippen LogP contribution in [-0.4, -0.2) is 45.6 Å². The van der Waals surface area contributed by atoms with Crippen molar-refractivity contribution in [2.75, 3.05) is 19.4 Å². The van der Waals surface area contributed by atoms with E-state index in [4.69, 9.17) is 5.73 Å². The Kier molecular flexibility index (Phi) is 6.36. The van der Waals surface area contributed by atoms with E-state index in [9.17, 15) is 14.4 Å². The number of hydrogen-bond donors (Lipinski definition) is 3. The lowest BCUT2D eigenvalue weighted by molar-refractivity contribution is -0.111. The molecule has 2 aromatic heterocycles. The predicted molar refractivity (Wildman–Crippen MR) is 121 cm³/mol. The maximum atomic E-state index is 12.5. The summed E-state index contributed by atoms with van der Waals surface area (Å²) >= 11 is 0. The van der Waals surface area contributed by atoms with E-state index in [2.05, 4.69) is 15.4 Å². The maximum Gasteiger partial charge on any atom is 0.256 e. The van der Waals surface area contributed by atoms with Gasteiger partial charge in [0.25, 0.3) is 5.56 Å². The molecule has 9 nitrogen and oxygen atoms in total. The highest BCUT2D eigenvalue weighted by atomic mass is 16.2. The van der Waals surface area contributed by atoms with Crippen LogP contribution < -0.4 is 16.6 Å². The van der Waals surface area contributed by atoms with Gasteiger partial charge in [0.05, 0.1) is 6.20 Å². The number of aromatic amines is 1. The van der Waals surface area contributed by atoms with Crippen LogP contribution in [0.1, 0.15) is 41.4 Å². The molecule has 1 aromatic carbocycles. The minimum atomic E-state index is -0.579. The summed E-state index contributed by atoms with van der Waals surface area (Å²) in [5.41, 5.74) is 7.64. The molecule has 2 amide bonds. The first-order chi connectivity index (χ1) is 14.7. The molecule has 0 unspecified atom stereocenters. The second kappa shape index (κ2) is 8.97. The number of aromatic nitrogens is 3. The average Bonchev–Trinajstić information content (AvgIpc) is 3.09. The molecule has 31 heavy (non-hydrogen) atoms. The highest BCUT2D eigenvalue weighted by Gasteiger charge is 2.11. The number of nitrogens with zero attached hydrogens (tertiary/aromatic N) is 3. The van der Waals surface area contributed by atoms with E-state index in [-0.39, 0.29) is 11.6 Å². The molecular formula is C22H26N6O3. The predicted octanol–water partition coefficient (Wildman–Crippen LogP) is 2.12. The molecule has 9 heteroatoms. The van der Waals surface area contributed by atoms with E-state index in [1.807, 2.05) is 32.8 Å². The summed E-state index contributed by atoms with van der Waals surface area (Å²) < 4.78 is 1.73. The summed E-state index contributed by atoms with van der Waals surface area (Å²) in [7, 11) is 3.80. The maximum absolute atomic E-state index is 12.5. The standard InChI is InChI=1S/C22H26N6O3/c1-13(2)28-21-17(11-24-28)9-15(22(31)26-21)7-8-19(29)25-18-10-14(20(23)30)5-6-16(18)12-27(3)4/h5-11,13H,12H2,1-4H3,(H2,23,30)(H,25,29)(H,26,31)/b8-7+. The molecule has 3 rings (SSSR count). The molecule has 0 spiro atoms. The zero-order chi connectivity index (χ0) is 22.7. The van der Waals surface area contributed by atoms with Crippen LogP contribution in [0.15, 0.2) is 41.3 Å². The summed E-state index contributed by atoms with van der Waals surface area (Å²) in [4.78, 5) is 41.2. The number of anilines is 1. The molecule has 2 heterocycles. The van der Waals surface area contributed by atoms with Gasteiger partial charge < -0.3 is 20.9 Å². The van der Waals surface area contributed by atoms with Crippen LogP contribution in [0, 0.1) is 0 Å². The second-order valence-corrected chi connectivity index (χ2v) is 7.84. The normalized spacial score (nSPS) is 11.7. The summed E-state index contributed by atoms with van der Waals surface area (Å²) in [5, 5.41) is 7.83. The number of pyridine rings is 1. The first kappa shape index (κ1) is 22.0. The van der Waals surface area contributed by atoms with Crippen LogP contribution in [0.5, 0.6) is 0 Å². The molecule has 0 bridgehead atoms. The van der Waals surface area contributed by atoms with Gasteiger partial charge in [-0.1, -0.05) is 6.07 Å². The molecule has 162 valence electrons. The minimum Gasteiger partial charge on any atom is -0.366 e. The van der Waals surface area contributed by atoms with E-state index in [1.165, 1.54) is 12.2 Å². The summed E-state index contributed by atoms with van der Waals surface area (Å²) in [6, 6.07) is 6.72. The zero-order valence-electron chi connectivity index (χ0n) is 18.0. The van der Waals surface area contributed by atoms with E-state index >= 15 is 0 Å². The fraction of sp³-hybridized carbons (Fsp3) is 0.273. The van der Waals surface area contributed by atoms with Crippen molar-refractivity contribution in [3.63, 3.8) is 0 Å². The zero-order valence-corrected chi connectivity index (χ0v) is 18.0. The van der Waals surface area contributed by atoms with Crippen LogP contribution in [0.4, 0.5) is 5.69 Å². The first-order valence-electron chi connectivity index (χ1n) is 9.82. The lowest BCUT2D eigenvalue weighted by Crippen LogP contribution is -2.17. The first-order valence-corrected chi connectivity index (χ1v) is 9.82. The smallest absolute Gasteiger partial charge is 0.256 e. The molecule has 0 saturated heterocycles. The Morgan fingerprint density at radius 3 is 2.68 bits per heavy atom. The SMILES string of the molecule is CC(C)n1ncc2cc(/C=C/C(=O)Nc3cc(C(N)=O)ccc3CN(C)C)c(=O)[nH]c21. The quantitative estimate of drug-likeness (QED) is 0.503. The number of benzene rings is 1. The summed E-state index contributed by atoms with van der Waals surface area (Å²) in [6.45, 7) is 4.51. The number of carbonyl (C=O) groups is 2. The number of primary amides is 1. The monoisotopic (exact) mass is 422 g/mol. The van der Waals surface area contributed by atoms with Crippen LogP contribution in [0.2, 0.25) is 0 Å². The Morgan fingerprint density at radius 2 is 2.03 bits per heavy atom. The Balaban J connectivity index is 1.85. The van der Waals surface area contributed by atoms with E-state index < -0.39 is 11.8 Å². The molecule has 0 fully saturated rings. The van der Waals surface area contributed by atoms with Crippen molar-refractivity contribution >= 4 is 34.6 Å². The van der Waals surface area contributed by atoms with Gasteiger partial charge in [0.15, 0.2) is 0 Å². The molecule has 0 aliphatic heterocycles. The van der Waals surface area contributed by atoms with E-state index in [0.29, 0.717) is 29.0 Å². The Hall–Kier alpha value is -3.72. The Morgan fingerprint density at radius 1 is 1.29 bits per heavy atom. The number of carbonyl (C=O) groups excluding carboxylic acids is 2. The fourth-order valence-electron chi connectivity index (χ4n) is 3.20. The van der Waals surface area contributed by atoms with Crippen molar-refractivity contribution in [1.29, 1.82) is 0 Å². The van der Waals surface area contributed by atoms with Crippen molar-refractivity contribution in [3.8, 4) is 0 Å².